The van der Waals surface area contributed by atoms with Gasteiger partial charge in [-0.05, 0) is 37.3 Å². The van der Waals surface area contributed by atoms with Crippen LogP contribution in [0.25, 0.3) is 0 Å². The topological polar surface area (TPSA) is 82.1 Å². The molecule has 2 aromatic carbocycles. The fourth-order valence-electron chi connectivity index (χ4n) is 2.99. The van der Waals surface area contributed by atoms with E-state index in [0.717, 1.165) is 10.5 Å². The predicted molar refractivity (Wildman–Crippen MR) is 100 cm³/mol. The summed E-state index contributed by atoms with van der Waals surface area (Å²) >= 11 is 0. The number of carbonyl (C=O) groups is 3. The zero-order valence-corrected chi connectivity index (χ0v) is 15.8. The molecular formula is C21H21NO6. The van der Waals surface area contributed by atoms with Gasteiger partial charge in [-0.1, -0.05) is 12.1 Å². The summed E-state index contributed by atoms with van der Waals surface area (Å²) in [5, 5.41) is 0. The van der Waals surface area contributed by atoms with Gasteiger partial charge in [-0.15, -0.1) is 0 Å². The zero-order chi connectivity index (χ0) is 20.1. The van der Waals surface area contributed by atoms with Crippen molar-refractivity contribution in [2.75, 3.05) is 26.9 Å². The first kappa shape index (κ1) is 19.6. The van der Waals surface area contributed by atoms with Crippen molar-refractivity contribution in [1.82, 2.24) is 4.90 Å². The second-order valence-corrected chi connectivity index (χ2v) is 6.11. The summed E-state index contributed by atoms with van der Waals surface area (Å²) in [4.78, 5) is 38.0. The van der Waals surface area contributed by atoms with E-state index in [9.17, 15) is 14.4 Å². The number of carbonyl (C=O) groups excluding carboxylic acids is 3. The maximum absolute atomic E-state index is 12.3. The van der Waals surface area contributed by atoms with E-state index in [4.69, 9.17) is 14.2 Å². The number of imide groups is 1. The lowest BCUT2D eigenvalue weighted by atomic mass is 10.1. The van der Waals surface area contributed by atoms with E-state index < -0.39 is 5.97 Å². The average Bonchev–Trinajstić information content (AvgIpc) is 2.97. The highest BCUT2D eigenvalue weighted by molar-refractivity contribution is 6.21. The number of hydrogen-bond acceptors (Lipinski definition) is 6. The highest BCUT2D eigenvalue weighted by Crippen LogP contribution is 2.23. The van der Waals surface area contributed by atoms with E-state index in [1.54, 1.807) is 49.6 Å². The van der Waals surface area contributed by atoms with Gasteiger partial charge in [0.25, 0.3) is 11.8 Å². The lowest BCUT2D eigenvalue weighted by Gasteiger charge is -2.14. The molecule has 0 unspecified atom stereocenters. The van der Waals surface area contributed by atoms with Gasteiger partial charge in [0.1, 0.15) is 12.4 Å². The fourth-order valence-corrected chi connectivity index (χ4v) is 2.99. The number of benzene rings is 2. The monoisotopic (exact) mass is 383 g/mol. The van der Waals surface area contributed by atoms with E-state index in [1.165, 1.54) is 0 Å². The Morgan fingerprint density at radius 3 is 2.32 bits per heavy atom. The third-order valence-corrected chi connectivity index (χ3v) is 4.40. The van der Waals surface area contributed by atoms with Crippen LogP contribution in [0.15, 0.2) is 42.5 Å². The van der Waals surface area contributed by atoms with Gasteiger partial charge in [-0.2, -0.15) is 0 Å². The van der Waals surface area contributed by atoms with Gasteiger partial charge in [0.2, 0.25) is 0 Å². The first-order valence-corrected chi connectivity index (χ1v) is 8.93. The summed E-state index contributed by atoms with van der Waals surface area (Å²) in [5.74, 6) is -0.673. The summed E-state index contributed by atoms with van der Waals surface area (Å²) in [6.07, 6.45) is 0. The number of methoxy groups -OCH3 is 1. The first-order valence-electron chi connectivity index (χ1n) is 8.93. The van der Waals surface area contributed by atoms with Crippen LogP contribution >= 0.6 is 0 Å². The average molecular weight is 383 g/mol. The van der Waals surface area contributed by atoms with Crippen molar-refractivity contribution in [3.63, 3.8) is 0 Å². The van der Waals surface area contributed by atoms with Crippen LogP contribution in [0, 0.1) is 0 Å². The fraction of sp³-hybridized carbons (Fsp3) is 0.286. The predicted octanol–water partition coefficient (Wildman–Crippen LogP) is 2.68. The third-order valence-electron chi connectivity index (χ3n) is 4.40. The van der Waals surface area contributed by atoms with Crippen molar-refractivity contribution in [3.05, 3.63) is 64.7 Å². The number of esters is 1. The summed E-state index contributed by atoms with van der Waals surface area (Å²) < 4.78 is 15.9. The van der Waals surface area contributed by atoms with Crippen LogP contribution in [0.3, 0.4) is 0 Å². The Bertz CT molecular complexity index is 873. The van der Waals surface area contributed by atoms with Crippen molar-refractivity contribution in [2.24, 2.45) is 0 Å². The molecule has 0 spiro atoms. The molecule has 146 valence electrons. The minimum Gasteiger partial charge on any atom is -0.496 e. The Balaban J connectivity index is 1.61. The molecule has 2 aromatic rings. The van der Waals surface area contributed by atoms with Crippen molar-refractivity contribution < 1.29 is 28.6 Å². The molecular weight excluding hydrogens is 362 g/mol. The van der Waals surface area contributed by atoms with Gasteiger partial charge in [0.05, 0.1) is 37.0 Å². The van der Waals surface area contributed by atoms with Crippen LogP contribution in [0.4, 0.5) is 0 Å². The minimum absolute atomic E-state index is 0.0000440. The molecule has 1 aliphatic rings. The van der Waals surface area contributed by atoms with Crippen molar-refractivity contribution in [3.8, 4) is 5.75 Å². The molecule has 7 nitrogen and oxygen atoms in total. The second-order valence-electron chi connectivity index (χ2n) is 6.11. The lowest BCUT2D eigenvalue weighted by Crippen LogP contribution is -2.33. The Labute approximate surface area is 162 Å². The van der Waals surface area contributed by atoms with Crippen molar-refractivity contribution in [1.29, 1.82) is 0 Å². The molecule has 1 aliphatic heterocycles. The Morgan fingerprint density at radius 1 is 1.04 bits per heavy atom. The molecule has 0 aliphatic carbocycles. The van der Waals surface area contributed by atoms with Crippen LogP contribution in [-0.2, 0) is 16.1 Å². The van der Waals surface area contributed by atoms with E-state index in [-0.39, 0.29) is 25.0 Å². The van der Waals surface area contributed by atoms with Crippen LogP contribution in [-0.4, -0.2) is 49.6 Å². The van der Waals surface area contributed by atoms with Gasteiger partial charge in [0.15, 0.2) is 0 Å². The van der Waals surface area contributed by atoms with Gasteiger partial charge in [-0.25, -0.2) is 4.79 Å². The molecule has 1 heterocycles. The first-order chi connectivity index (χ1) is 13.6. The Hall–Kier alpha value is -3.19. The standard InChI is InChI=1S/C21H21NO6/c1-3-27-13-15-12-14(8-9-18(15)26-2)21(25)28-11-10-22-19(23)16-6-4-5-7-17(16)20(22)24/h4-9,12H,3,10-11,13H2,1-2H3. The van der Waals surface area contributed by atoms with E-state index in [1.807, 2.05) is 6.92 Å². The molecule has 0 radical (unpaired) electrons. The number of fused-ring (bicyclic) bond motifs is 1. The van der Waals surface area contributed by atoms with Crippen LogP contribution in [0.2, 0.25) is 0 Å². The number of ether oxygens (including phenoxy) is 3. The van der Waals surface area contributed by atoms with E-state index in [0.29, 0.717) is 35.7 Å². The lowest BCUT2D eigenvalue weighted by molar-refractivity contribution is 0.0420. The SMILES string of the molecule is CCOCc1cc(C(=O)OCCN2C(=O)c3ccccc3C2=O)ccc1OC. The summed E-state index contributed by atoms with van der Waals surface area (Å²) in [7, 11) is 1.55. The van der Waals surface area contributed by atoms with Crippen LogP contribution in [0.5, 0.6) is 5.75 Å². The molecule has 0 saturated heterocycles. The second kappa shape index (κ2) is 8.67. The smallest absolute Gasteiger partial charge is 0.338 e. The maximum atomic E-state index is 12.3. The van der Waals surface area contributed by atoms with Crippen molar-refractivity contribution in [2.45, 2.75) is 13.5 Å². The van der Waals surface area contributed by atoms with Crippen molar-refractivity contribution >= 4 is 17.8 Å². The normalized spacial score (nSPS) is 12.9. The number of nitrogens with zero attached hydrogens (tertiary/aromatic N) is 1. The summed E-state index contributed by atoms with van der Waals surface area (Å²) in [5.41, 5.74) is 1.82. The zero-order valence-electron chi connectivity index (χ0n) is 15.8. The third kappa shape index (κ3) is 3.89. The van der Waals surface area contributed by atoms with Gasteiger partial charge in [-0.3, -0.25) is 14.5 Å². The molecule has 0 fully saturated rings. The van der Waals surface area contributed by atoms with Gasteiger partial charge in [0, 0.05) is 12.2 Å². The Kier molecular flexibility index (Phi) is 6.06. The highest BCUT2D eigenvalue weighted by Gasteiger charge is 2.34. The van der Waals surface area contributed by atoms with Crippen LogP contribution in [0.1, 0.15) is 43.6 Å². The molecule has 0 atom stereocenters. The Morgan fingerprint density at radius 2 is 1.71 bits per heavy atom. The summed E-state index contributed by atoms with van der Waals surface area (Å²) in [6.45, 7) is 2.65. The molecule has 0 N–H and O–H groups in total. The molecule has 0 bridgehead atoms. The van der Waals surface area contributed by atoms with E-state index >= 15 is 0 Å². The largest absolute Gasteiger partial charge is 0.496 e. The molecule has 2 amide bonds. The quantitative estimate of drug-likeness (QED) is 0.515. The van der Waals surface area contributed by atoms with Crippen LogP contribution < -0.4 is 4.74 Å². The number of rotatable bonds is 8. The number of hydrogen-bond donors (Lipinski definition) is 0. The molecule has 7 heteroatoms. The number of amides is 2. The minimum atomic E-state index is -0.544. The summed E-state index contributed by atoms with van der Waals surface area (Å²) in [6, 6.07) is 11.6. The highest BCUT2D eigenvalue weighted by atomic mass is 16.5. The molecule has 0 saturated carbocycles. The van der Waals surface area contributed by atoms with E-state index in [2.05, 4.69) is 0 Å². The molecule has 28 heavy (non-hydrogen) atoms. The maximum Gasteiger partial charge on any atom is 0.338 e. The van der Waals surface area contributed by atoms with Gasteiger partial charge >= 0.3 is 5.97 Å². The van der Waals surface area contributed by atoms with Gasteiger partial charge < -0.3 is 14.2 Å². The molecule has 0 aromatic heterocycles. The molecule has 3 rings (SSSR count).